The number of ether oxygens (including phenoxy) is 1. The van der Waals surface area contributed by atoms with E-state index < -0.39 is 0 Å². The zero-order chi connectivity index (χ0) is 32.8. The van der Waals surface area contributed by atoms with Crippen molar-refractivity contribution in [3.05, 3.63) is 176 Å². The first kappa shape index (κ1) is 27.4. The minimum absolute atomic E-state index is 0.0275. The predicted octanol–water partition coefficient (Wildman–Crippen LogP) is 10.0. The van der Waals surface area contributed by atoms with E-state index in [-0.39, 0.29) is 6.71 Å². The fourth-order valence-corrected chi connectivity index (χ4v) is 8.55. The van der Waals surface area contributed by atoms with E-state index in [0.717, 1.165) is 22.9 Å². The topological polar surface area (TPSA) is 17.4 Å². The van der Waals surface area contributed by atoms with Gasteiger partial charge in [-0.1, -0.05) is 140 Å². The average Bonchev–Trinajstić information content (AvgIpc) is 3.52. The number of benzene rings is 8. The van der Waals surface area contributed by atoms with Crippen LogP contribution in [0.3, 0.4) is 0 Å². The van der Waals surface area contributed by atoms with Crippen molar-refractivity contribution >= 4 is 72.7 Å². The Morgan fingerprint density at radius 1 is 0.460 bits per heavy atom. The molecule has 0 saturated heterocycles. The van der Waals surface area contributed by atoms with Crippen molar-refractivity contribution in [3.63, 3.8) is 0 Å². The third-order valence-corrected chi connectivity index (χ3v) is 10.6. The predicted molar refractivity (Wildman–Crippen MR) is 210 cm³/mol. The fourth-order valence-electron chi connectivity index (χ4n) is 8.55. The first-order valence-electron chi connectivity index (χ1n) is 17.2. The number of hydrogen-bond acceptors (Lipinski definition) is 2. The smallest absolute Gasteiger partial charge is 0.256 e. The summed E-state index contributed by atoms with van der Waals surface area (Å²) < 4.78 is 9.35. The van der Waals surface area contributed by atoms with E-state index in [1.54, 1.807) is 0 Å². The molecular formula is C46H29BN2O. The third kappa shape index (κ3) is 3.82. The molecule has 1 aromatic heterocycles. The van der Waals surface area contributed by atoms with Gasteiger partial charge in [0.15, 0.2) is 0 Å². The van der Waals surface area contributed by atoms with Gasteiger partial charge in [0, 0.05) is 39.2 Å². The Balaban J connectivity index is 1.30. The molecule has 0 spiro atoms. The summed E-state index contributed by atoms with van der Waals surface area (Å²) in [4.78, 5) is 2.52. The van der Waals surface area contributed by atoms with Crippen LogP contribution < -0.4 is 26.0 Å². The van der Waals surface area contributed by atoms with Crippen LogP contribution in [0.2, 0.25) is 0 Å². The highest BCUT2D eigenvalue weighted by Crippen LogP contribution is 2.48. The van der Waals surface area contributed by atoms with Gasteiger partial charge in [0.1, 0.15) is 11.5 Å². The van der Waals surface area contributed by atoms with E-state index in [0.29, 0.717) is 0 Å². The summed E-state index contributed by atoms with van der Waals surface area (Å²) in [6.45, 7) is 0.0275. The summed E-state index contributed by atoms with van der Waals surface area (Å²) in [6, 6.07) is 63.7. The Bertz CT molecular complexity index is 2770. The summed E-state index contributed by atoms with van der Waals surface area (Å²) in [6.07, 6.45) is 0. The molecule has 0 fully saturated rings. The number of para-hydroxylation sites is 4. The lowest BCUT2D eigenvalue weighted by Gasteiger charge is -2.41. The fraction of sp³-hybridized carbons (Fsp3) is 0. The first-order valence-corrected chi connectivity index (χ1v) is 17.2. The van der Waals surface area contributed by atoms with Crippen molar-refractivity contribution in [2.75, 3.05) is 4.90 Å². The Labute approximate surface area is 290 Å². The lowest BCUT2D eigenvalue weighted by atomic mass is 9.34. The van der Waals surface area contributed by atoms with Gasteiger partial charge >= 0.3 is 0 Å². The minimum Gasteiger partial charge on any atom is -0.458 e. The van der Waals surface area contributed by atoms with Gasteiger partial charge in [0.25, 0.3) is 6.71 Å². The van der Waals surface area contributed by atoms with E-state index in [4.69, 9.17) is 4.74 Å². The van der Waals surface area contributed by atoms with Crippen LogP contribution in [0.4, 0.5) is 17.1 Å². The van der Waals surface area contributed by atoms with Crippen molar-refractivity contribution in [3.8, 4) is 28.3 Å². The number of fused-ring (bicyclic) bond motifs is 8. The van der Waals surface area contributed by atoms with Gasteiger partial charge in [-0.3, -0.25) is 0 Å². The molecule has 0 N–H and O–H groups in total. The standard InChI is InChI=1S/C46H29BN2O/c1-2-14-30(15-3-1)34-27-26-31-16-4-5-17-33(31)46(34)49-41-24-12-8-20-37(41)47-38-21-9-13-25-43(38)50-44-29-32(28-42(49)45(44)47)48-39-22-10-6-18-35(39)36-19-7-11-23-40(36)48/h1-29H. The van der Waals surface area contributed by atoms with E-state index in [1.165, 1.54) is 71.5 Å². The minimum atomic E-state index is 0.0275. The van der Waals surface area contributed by atoms with Crippen LogP contribution in [0.1, 0.15) is 0 Å². The van der Waals surface area contributed by atoms with Gasteiger partial charge < -0.3 is 14.2 Å². The highest BCUT2D eigenvalue weighted by atomic mass is 16.5. The molecule has 3 heterocycles. The maximum atomic E-state index is 6.95. The zero-order valence-corrected chi connectivity index (χ0v) is 27.1. The van der Waals surface area contributed by atoms with Gasteiger partial charge in [0.2, 0.25) is 0 Å². The van der Waals surface area contributed by atoms with Gasteiger partial charge in [-0.25, -0.2) is 0 Å². The molecule has 0 aliphatic carbocycles. The maximum Gasteiger partial charge on any atom is 0.256 e. The van der Waals surface area contributed by atoms with Crippen LogP contribution in [0, 0.1) is 0 Å². The molecule has 50 heavy (non-hydrogen) atoms. The summed E-state index contributed by atoms with van der Waals surface area (Å²) in [5.41, 5.74) is 12.9. The molecule has 0 radical (unpaired) electrons. The van der Waals surface area contributed by atoms with Crippen LogP contribution in [0.15, 0.2) is 176 Å². The van der Waals surface area contributed by atoms with Gasteiger partial charge in [-0.2, -0.15) is 0 Å². The van der Waals surface area contributed by atoms with E-state index >= 15 is 0 Å². The van der Waals surface area contributed by atoms with Gasteiger partial charge in [-0.05, 0) is 57.7 Å². The molecule has 232 valence electrons. The molecule has 0 bridgehead atoms. The van der Waals surface area contributed by atoms with Crippen molar-refractivity contribution in [1.29, 1.82) is 0 Å². The zero-order valence-electron chi connectivity index (χ0n) is 27.1. The van der Waals surface area contributed by atoms with Crippen LogP contribution in [-0.4, -0.2) is 11.3 Å². The monoisotopic (exact) mass is 636 g/mol. The first-order chi connectivity index (χ1) is 24.8. The second kappa shape index (κ2) is 10.5. The quantitative estimate of drug-likeness (QED) is 0.180. The number of nitrogens with zero attached hydrogens (tertiary/aromatic N) is 2. The van der Waals surface area contributed by atoms with Crippen LogP contribution >= 0.6 is 0 Å². The Kier molecular flexibility index (Phi) is 5.76. The Hall–Kier alpha value is -6.52. The van der Waals surface area contributed by atoms with Gasteiger partial charge in [-0.15, -0.1) is 0 Å². The number of anilines is 3. The third-order valence-electron chi connectivity index (χ3n) is 10.6. The van der Waals surface area contributed by atoms with Crippen LogP contribution in [-0.2, 0) is 0 Å². The summed E-state index contributed by atoms with van der Waals surface area (Å²) in [5.74, 6) is 1.80. The van der Waals surface area contributed by atoms with Crippen molar-refractivity contribution in [2.45, 2.75) is 0 Å². The molecule has 11 rings (SSSR count). The molecule has 2 aliphatic rings. The van der Waals surface area contributed by atoms with E-state index in [2.05, 4.69) is 185 Å². The molecule has 3 nitrogen and oxygen atoms in total. The van der Waals surface area contributed by atoms with E-state index in [1.807, 2.05) is 0 Å². The van der Waals surface area contributed by atoms with E-state index in [9.17, 15) is 0 Å². The summed E-state index contributed by atoms with van der Waals surface area (Å²) >= 11 is 0. The van der Waals surface area contributed by atoms with Gasteiger partial charge in [0.05, 0.1) is 22.4 Å². The van der Waals surface area contributed by atoms with Crippen molar-refractivity contribution in [2.24, 2.45) is 0 Å². The molecule has 0 saturated carbocycles. The van der Waals surface area contributed by atoms with Crippen molar-refractivity contribution < 1.29 is 4.74 Å². The number of rotatable bonds is 3. The Morgan fingerprint density at radius 3 is 1.90 bits per heavy atom. The summed E-state index contributed by atoms with van der Waals surface area (Å²) in [5, 5.41) is 4.88. The molecule has 0 atom stereocenters. The molecular weight excluding hydrogens is 607 g/mol. The van der Waals surface area contributed by atoms with Crippen LogP contribution in [0.25, 0.3) is 49.4 Å². The molecule has 0 amide bonds. The molecule has 9 aromatic rings. The molecule has 8 aromatic carbocycles. The highest BCUT2D eigenvalue weighted by Gasteiger charge is 2.42. The Morgan fingerprint density at radius 2 is 1.10 bits per heavy atom. The maximum absolute atomic E-state index is 6.95. The molecule has 0 unspecified atom stereocenters. The SMILES string of the molecule is c1ccc(-c2ccc3ccccc3c2N2c3ccccc3B3c4ccccc4Oc4cc(-n5c6ccccc6c6ccccc65)cc2c43)cc1. The average molecular weight is 637 g/mol. The van der Waals surface area contributed by atoms with Crippen LogP contribution in [0.5, 0.6) is 11.5 Å². The largest absolute Gasteiger partial charge is 0.458 e. The second-order valence-electron chi connectivity index (χ2n) is 13.3. The number of aromatic nitrogens is 1. The molecule has 2 aliphatic heterocycles. The normalized spacial score (nSPS) is 12.9. The lowest BCUT2D eigenvalue weighted by Crippen LogP contribution is -2.59. The second-order valence-corrected chi connectivity index (χ2v) is 13.3. The lowest BCUT2D eigenvalue weighted by molar-refractivity contribution is 0.487. The molecule has 4 heteroatoms. The number of hydrogen-bond donors (Lipinski definition) is 0. The van der Waals surface area contributed by atoms with Crippen molar-refractivity contribution in [1.82, 2.24) is 4.57 Å². The summed E-state index contributed by atoms with van der Waals surface area (Å²) in [7, 11) is 0. The highest BCUT2D eigenvalue weighted by molar-refractivity contribution is 6.99.